The highest BCUT2D eigenvalue weighted by Crippen LogP contribution is 2.00. The first kappa shape index (κ1) is 15.6. The van der Waals surface area contributed by atoms with E-state index in [0.717, 1.165) is 5.69 Å². The summed E-state index contributed by atoms with van der Waals surface area (Å²) in [4.78, 5) is 17.9. The zero-order valence-corrected chi connectivity index (χ0v) is 11.3. The van der Waals surface area contributed by atoms with Crippen molar-refractivity contribution in [2.24, 2.45) is 0 Å². The van der Waals surface area contributed by atoms with Crippen LogP contribution in [0.15, 0.2) is 12.5 Å². The fraction of sp³-hybridized carbons (Fsp3) is 0.667. The fourth-order valence-corrected chi connectivity index (χ4v) is 1.64. The molecule has 1 rings (SSSR count). The predicted octanol–water partition coefficient (Wildman–Crippen LogP) is 0.394. The van der Waals surface area contributed by atoms with Gasteiger partial charge in [0.15, 0.2) is 6.29 Å². The van der Waals surface area contributed by atoms with Crippen molar-refractivity contribution in [3.05, 3.63) is 18.2 Å². The molecule has 0 bridgehead atoms. The van der Waals surface area contributed by atoms with E-state index in [1.54, 1.807) is 6.20 Å². The first-order valence-corrected chi connectivity index (χ1v) is 6.34. The average molecular weight is 271 g/mol. The number of nitrogens with one attached hydrogen (secondary N) is 2. The molecule has 108 valence electrons. The van der Waals surface area contributed by atoms with Crippen LogP contribution in [0, 0.1) is 0 Å². The molecule has 0 saturated heterocycles. The van der Waals surface area contributed by atoms with E-state index < -0.39 is 18.3 Å². The van der Waals surface area contributed by atoms with E-state index in [0.29, 0.717) is 26.2 Å². The van der Waals surface area contributed by atoms with E-state index in [1.807, 2.05) is 13.8 Å². The van der Waals surface area contributed by atoms with Crippen molar-refractivity contribution in [3.8, 4) is 0 Å². The van der Waals surface area contributed by atoms with Gasteiger partial charge in [-0.2, -0.15) is 0 Å². The highest BCUT2D eigenvalue weighted by molar-refractivity contribution is 5.73. The van der Waals surface area contributed by atoms with Gasteiger partial charge in [0.05, 0.1) is 6.33 Å². The number of nitrogens with zero attached hydrogens (tertiary/aromatic N) is 1. The van der Waals surface area contributed by atoms with Gasteiger partial charge in [-0.05, 0) is 13.8 Å². The molecule has 0 unspecified atom stereocenters. The summed E-state index contributed by atoms with van der Waals surface area (Å²) in [5.74, 6) is -0.915. The number of carboxylic acids is 1. The number of rotatable bonds is 10. The summed E-state index contributed by atoms with van der Waals surface area (Å²) in [5.41, 5.74) is 0.768. The second kappa shape index (κ2) is 8.63. The van der Waals surface area contributed by atoms with Crippen LogP contribution in [0.4, 0.5) is 0 Å². The fourth-order valence-electron chi connectivity index (χ4n) is 1.64. The van der Waals surface area contributed by atoms with Crippen molar-refractivity contribution < 1.29 is 19.4 Å². The molecule has 0 aliphatic heterocycles. The first-order valence-electron chi connectivity index (χ1n) is 6.34. The van der Waals surface area contributed by atoms with E-state index in [9.17, 15) is 4.79 Å². The molecule has 1 heterocycles. The van der Waals surface area contributed by atoms with Crippen LogP contribution >= 0.6 is 0 Å². The Morgan fingerprint density at radius 2 is 2.16 bits per heavy atom. The monoisotopic (exact) mass is 271 g/mol. The number of carboxylic acid groups (broad SMARTS) is 1. The molecule has 1 aromatic heterocycles. The number of H-pyrrole nitrogens is 1. The summed E-state index contributed by atoms with van der Waals surface area (Å²) in [6.45, 7) is 5.10. The molecule has 0 fully saturated rings. The molecule has 1 atom stereocenters. The average Bonchev–Trinajstić information content (AvgIpc) is 2.87. The zero-order chi connectivity index (χ0) is 14.1. The van der Waals surface area contributed by atoms with Crippen LogP contribution in [-0.2, 0) is 20.7 Å². The molecule has 0 spiro atoms. The SMILES string of the molecule is CCOC(CN[C@@H](Cc1cnc[nH]1)C(=O)O)OCC. The Balaban J connectivity index is 2.46. The lowest BCUT2D eigenvalue weighted by atomic mass is 10.1. The number of hydrogen-bond acceptors (Lipinski definition) is 5. The molecule has 0 aliphatic carbocycles. The predicted molar refractivity (Wildman–Crippen MR) is 68.8 cm³/mol. The van der Waals surface area contributed by atoms with Crippen LogP contribution in [0.3, 0.4) is 0 Å². The summed E-state index contributed by atoms with van der Waals surface area (Å²) >= 11 is 0. The van der Waals surface area contributed by atoms with E-state index in [4.69, 9.17) is 14.6 Å². The van der Waals surface area contributed by atoms with Gasteiger partial charge in [-0.25, -0.2) is 4.98 Å². The first-order chi connectivity index (χ1) is 9.17. The lowest BCUT2D eigenvalue weighted by molar-refractivity contribution is -0.144. The highest BCUT2D eigenvalue weighted by atomic mass is 16.7. The molecular weight excluding hydrogens is 250 g/mol. The molecule has 19 heavy (non-hydrogen) atoms. The third-order valence-electron chi connectivity index (χ3n) is 2.51. The molecule has 0 saturated carbocycles. The number of aromatic amines is 1. The minimum Gasteiger partial charge on any atom is -0.480 e. The molecule has 1 aromatic rings. The van der Waals surface area contributed by atoms with Crippen molar-refractivity contribution in [2.75, 3.05) is 19.8 Å². The van der Waals surface area contributed by atoms with Gasteiger partial charge in [-0.1, -0.05) is 0 Å². The summed E-state index contributed by atoms with van der Waals surface area (Å²) in [5, 5.41) is 12.1. The lowest BCUT2D eigenvalue weighted by Crippen LogP contribution is -2.43. The molecule has 7 nitrogen and oxygen atoms in total. The van der Waals surface area contributed by atoms with Gasteiger partial charge in [0, 0.05) is 38.1 Å². The van der Waals surface area contributed by atoms with Crippen molar-refractivity contribution in [1.82, 2.24) is 15.3 Å². The van der Waals surface area contributed by atoms with E-state index >= 15 is 0 Å². The molecule has 0 aromatic carbocycles. The topological polar surface area (TPSA) is 96.5 Å². The minimum absolute atomic E-state index is 0.326. The summed E-state index contributed by atoms with van der Waals surface area (Å²) in [7, 11) is 0. The van der Waals surface area contributed by atoms with Crippen molar-refractivity contribution in [2.45, 2.75) is 32.6 Å². The Morgan fingerprint density at radius 1 is 1.47 bits per heavy atom. The Kier molecular flexibility index (Phi) is 7.09. The van der Waals surface area contributed by atoms with Gasteiger partial charge in [0.25, 0.3) is 0 Å². The third kappa shape index (κ3) is 5.82. The Morgan fingerprint density at radius 3 is 2.63 bits per heavy atom. The lowest BCUT2D eigenvalue weighted by Gasteiger charge is -2.20. The van der Waals surface area contributed by atoms with E-state index in [1.165, 1.54) is 6.33 Å². The number of ether oxygens (including phenoxy) is 2. The summed E-state index contributed by atoms with van der Waals surface area (Å²) in [6.07, 6.45) is 3.04. The van der Waals surface area contributed by atoms with Crippen LogP contribution in [-0.4, -0.2) is 53.1 Å². The van der Waals surface area contributed by atoms with Gasteiger partial charge in [-0.3, -0.25) is 10.1 Å². The van der Waals surface area contributed by atoms with E-state index in [-0.39, 0.29) is 0 Å². The maximum absolute atomic E-state index is 11.2. The Bertz CT molecular complexity index is 350. The van der Waals surface area contributed by atoms with Gasteiger partial charge in [0.1, 0.15) is 6.04 Å². The smallest absolute Gasteiger partial charge is 0.321 e. The van der Waals surface area contributed by atoms with Gasteiger partial charge in [0.2, 0.25) is 0 Å². The van der Waals surface area contributed by atoms with Crippen LogP contribution in [0.25, 0.3) is 0 Å². The second-order valence-electron chi connectivity index (χ2n) is 3.92. The van der Waals surface area contributed by atoms with Crippen molar-refractivity contribution in [1.29, 1.82) is 0 Å². The number of aliphatic carboxylic acids is 1. The summed E-state index contributed by atoms with van der Waals surface area (Å²) < 4.78 is 10.7. The number of hydrogen-bond donors (Lipinski definition) is 3. The number of imidazole rings is 1. The quantitative estimate of drug-likeness (QED) is 0.533. The Hall–Kier alpha value is -1.44. The molecule has 0 amide bonds. The number of aromatic nitrogens is 2. The zero-order valence-electron chi connectivity index (χ0n) is 11.3. The van der Waals surface area contributed by atoms with Crippen LogP contribution in [0.1, 0.15) is 19.5 Å². The standard InChI is InChI=1S/C12H21N3O4/c1-3-18-11(19-4-2)7-14-10(12(16)17)5-9-6-13-8-15-9/h6,8,10-11,14H,3-5,7H2,1-2H3,(H,13,15)(H,16,17)/t10-/m0/s1. The van der Waals surface area contributed by atoms with Gasteiger partial charge in [-0.15, -0.1) is 0 Å². The normalized spacial score (nSPS) is 12.8. The van der Waals surface area contributed by atoms with E-state index in [2.05, 4.69) is 15.3 Å². The molecular formula is C12H21N3O4. The maximum atomic E-state index is 11.2. The molecule has 0 aliphatic rings. The van der Waals surface area contributed by atoms with Crippen molar-refractivity contribution >= 4 is 5.97 Å². The highest BCUT2D eigenvalue weighted by Gasteiger charge is 2.20. The third-order valence-corrected chi connectivity index (χ3v) is 2.51. The molecule has 7 heteroatoms. The largest absolute Gasteiger partial charge is 0.480 e. The molecule has 3 N–H and O–H groups in total. The van der Waals surface area contributed by atoms with Gasteiger partial charge >= 0.3 is 5.97 Å². The summed E-state index contributed by atoms with van der Waals surface area (Å²) in [6, 6.07) is -0.705. The van der Waals surface area contributed by atoms with Crippen LogP contribution in [0.2, 0.25) is 0 Å². The number of carbonyl (C=O) groups is 1. The second-order valence-corrected chi connectivity index (χ2v) is 3.92. The molecule has 0 radical (unpaired) electrons. The maximum Gasteiger partial charge on any atom is 0.321 e. The van der Waals surface area contributed by atoms with Crippen molar-refractivity contribution in [3.63, 3.8) is 0 Å². The van der Waals surface area contributed by atoms with Gasteiger partial charge < -0.3 is 19.6 Å². The van der Waals surface area contributed by atoms with Crippen LogP contribution in [0.5, 0.6) is 0 Å². The van der Waals surface area contributed by atoms with Crippen LogP contribution < -0.4 is 5.32 Å². The Labute approximate surface area is 112 Å². The minimum atomic E-state index is -0.915.